The predicted molar refractivity (Wildman–Crippen MR) is 91.8 cm³/mol. The molecule has 0 atom stereocenters. The van der Waals surface area contributed by atoms with Crippen LogP contribution in [0.3, 0.4) is 0 Å². The number of aromatic nitrogens is 1. The Bertz CT molecular complexity index is 712. The van der Waals surface area contributed by atoms with Crippen LogP contribution in [-0.4, -0.2) is 4.98 Å². The number of aromatic amines is 1. The molecule has 1 heterocycles. The maximum absolute atomic E-state index is 3.51. The summed E-state index contributed by atoms with van der Waals surface area (Å²) >= 11 is 2.36. The molecule has 98 valence electrons. The van der Waals surface area contributed by atoms with Gasteiger partial charge in [0.05, 0.1) is 0 Å². The molecule has 0 radical (unpaired) electrons. The van der Waals surface area contributed by atoms with Gasteiger partial charge in [0.25, 0.3) is 0 Å². The fourth-order valence-corrected chi connectivity index (χ4v) is 3.15. The molecule has 0 spiro atoms. The van der Waals surface area contributed by atoms with Gasteiger partial charge in [-0.15, -0.1) is 0 Å². The normalized spacial score (nSPS) is 11.5. The molecule has 1 N–H and O–H groups in total. The van der Waals surface area contributed by atoms with E-state index in [9.17, 15) is 0 Å². The van der Waals surface area contributed by atoms with Crippen molar-refractivity contribution in [3.63, 3.8) is 0 Å². The molecule has 3 rings (SSSR count). The van der Waals surface area contributed by atoms with Crippen molar-refractivity contribution in [2.75, 3.05) is 0 Å². The summed E-state index contributed by atoms with van der Waals surface area (Å²) in [5, 5.41) is 2.70. The second-order valence-corrected chi connectivity index (χ2v) is 6.40. The van der Waals surface area contributed by atoms with Gasteiger partial charge in [0.1, 0.15) is 0 Å². The molecule has 0 unspecified atom stereocenters. The second kappa shape index (κ2) is 5.53. The Balaban J connectivity index is 2.03. The van der Waals surface area contributed by atoms with Gasteiger partial charge in [-0.2, -0.15) is 0 Å². The largest absolute Gasteiger partial charge is 0.354 e. The lowest BCUT2D eigenvalue weighted by Crippen LogP contribution is -1.84. The Labute approximate surface area is 127 Å². The van der Waals surface area contributed by atoms with Crippen LogP contribution < -0.4 is 0 Å². The van der Waals surface area contributed by atoms with E-state index in [0.717, 1.165) is 0 Å². The maximum Gasteiger partial charge on any atom is 0.0475 e. The van der Waals surface area contributed by atoms with Gasteiger partial charge in [0.2, 0.25) is 0 Å². The van der Waals surface area contributed by atoms with E-state index in [1.165, 1.54) is 56.6 Å². The number of rotatable bonds is 4. The van der Waals surface area contributed by atoms with Crippen LogP contribution in [0.4, 0.5) is 0 Å². The first-order valence-corrected chi connectivity index (χ1v) is 8.05. The smallest absolute Gasteiger partial charge is 0.0475 e. The number of hydrogen-bond donors (Lipinski definition) is 1. The minimum absolute atomic E-state index is 1.20. The molecular formula is C17H18IN. The van der Waals surface area contributed by atoms with Crippen LogP contribution >= 0.6 is 22.6 Å². The number of fused-ring (bicyclic) bond motifs is 3. The van der Waals surface area contributed by atoms with Crippen LogP contribution in [0.5, 0.6) is 0 Å². The van der Waals surface area contributed by atoms with E-state index in [0.29, 0.717) is 0 Å². The predicted octanol–water partition coefficient (Wildman–Crippen LogP) is 5.66. The quantitative estimate of drug-likeness (QED) is 0.455. The molecule has 0 aliphatic rings. The minimum atomic E-state index is 1.20. The average molecular weight is 363 g/mol. The Morgan fingerprint density at radius 2 is 1.84 bits per heavy atom. The summed E-state index contributed by atoms with van der Waals surface area (Å²) in [4.78, 5) is 3.51. The lowest BCUT2D eigenvalue weighted by atomic mass is 10.0. The zero-order chi connectivity index (χ0) is 13.2. The van der Waals surface area contributed by atoms with E-state index < -0.39 is 0 Å². The second-order valence-electron chi connectivity index (χ2n) is 5.15. The Morgan fingerprint density at radius 3 is 2.68 bits per heavy atom. The molecule has 0 fully saturated rings. The van der Waals surface area contributed by atoms with Gasteiger partial charge in [0, 0.05) is 25.4 Å². The van der Waals surface area contributed by atoms with Crippen molar-refractivity contribution in [1.29, 1.82) is 0 Å². The molecule has 3 aromatic rings. The van der Waals surface area contributed by atoms with E-state index in [2.05, 4.69) is 70.9 Å². The van der Waals surface area contributed by atoms with Gasteiger partial charge < -0.3 is 4.98 Å². The van der Waals surface area contributed by atoms with Crippen molar-refractivity contribution in [1.82, 2.24) is 4.98 Å². The number of benzene rings is 2. The van der Waals surface area contributed by atoms with Gasteiger partial charge in [-0.05, 0) is 65.3 Å². The summed E-state index contributed by atoms with van der Waals surface area (Å²) in [6, 6.07) is 13.5. The van der Waals surface area contributed by atoms with E-state index in [-0.39, 0.29) is 0 Å². The summed E-state index contributed by atoms with van der Waals surface area (Å²) in [6.07, 6.45) is 5.10. The van der Waals surface area contributed by atoms with Crippen LogP contribution in [0.1, 0.15) is 31.7 Å². The summed E-state index contributed by atoms with van der Waals surface area (Å²) in [5.74, 6) is 0. The number of halogens is 1. The molecule has 1 aromatic heterocycles. The third-order valence-corrected chi connectivity index (χ3v) is 4.37. The molecule has 2 aromatic carbocycles. The number of hydrogen-bond acceptors (Lipinski definition) is 0. The molecule has 0 bridgehead atoms. The number of unbranched alkanes of at least 4 members (excludes halogenated alkanes) is 2. The van der Waals surface area contributed by atoms with E-state index in [1.807, 2.05) is 0 Å². The van der Waals surface area contributed by atoms with Crippen LogP contribution in [0.15, 0.2) is 36.4 Å². The highest BCUT2D eigenvalue weighted by molar-refractivity contribution is 14.1. The van der Waals surface area contributed by atoms with Gasteiger partial charge in [0.15, 0.2) is 0 Å². The van der Waals surface area contributed by atoms with Crippen LogP contribution in [-0.2, 0) is 6.42 Å². The van der Waals surface area contributed by atoms with Crippen LogP contribution in [0.25, 0.3) is 21.8 Å². The van der Waals surface area contributed by atoms with Crippen molar-refractivity contribution >= 4 is 44.4 Å². The SMILES string of the molecule is CCCCCc1ccc2[nH]c3cc(I)ccc3c2c1. The summed E-state index contributed by atoms with van der Waals surface area (Å²) in [6.45, 7) is 2.25. The lowest BCUT2D eigenvalue weighted by Gasteiger charge is -2.01. The van der Waals surface area contributed by atoms with Gasteiger partial charge in [-0.3, -0.25) is 0 Å². The lowest BCUT2D eigenvalue weighted by molar-refractivity contribution is 0.718. The monoisotopic (exact) mass is 363 g/mol. The van der Waals surface area contributed by atoms with Crippen molar-refractivity contribution in [3.8, 4) is 0 Å². The van der Waals surface area contributed by atoms with Crippen LogP contribution in [0, 0.1) is 3.57 Å². The highest BCUT2D eigenvalue weighted by atomic mass is 127. The van der Waals surface area contributed by atoms with E-state index in [1.54, 1.807) is 0 Å². The fraction of sp³-hybridized carbons (Fsp3) is 0.294. The van der Waals surface area contributed by atoms with Crippen molar-refractivity contribution < 1.29 is 0 Å². The van der Waals surface area contributed by atoms with Gasteiger partial charge in [-0.25, -0.2) is 0 Å². The van der Waals surface area contributed by atoms with Crippen molar-refractivity contribution in [3.05, 3.63) is 45.5 Å². The fourth-order valence-electron chi connectivity index (χ4n) is 2.66. The summed E-state index contributed by atoms with van der Waals surface area (Å²) in [7, 11) is 0. The van der Waals surface area contributed by atoms with Crippen molar-refractivity contribution in [2.45, 2.75) is 32.6 Å². The number of aryl methyl sites for hydroxylation is 1. The van der Waals surface area contributed by atoms with E-state index in [4.69, 9.17) is 0 Å². The van der Waals surface area contributed by atoms with E-state index >= 15 is 0 Å². The Kier molecular flexibility index (Phi) is 3.78. The minimum Gasteiger partial charge on any atom is -0.354 e. The third kappa shape index (κ3) is 2.64. The molecule has 0 aliphatic carbocycles. The van der Waals surface area contributed by atoms with Crippen LogP contribution in [0.2, 0.25) is 0 Å². The maximum atomic E-state index is 3.51. The first-order valence-electron chi connectivity index (χ1n) is 6.98. The Hall–Kier alpha value is -1.03. The molecule has 0 saturated carbocycles. The zero-order valence-electron chi connectivity index (χ0n) is 11.2. The number of nitrogens with one attached hydrogen (secondary N) is 1. The highest BCUT2D eigenvalue weighted by Crippen LogP contribution is 2.27. The highest BCUT2D eigenvalue weighted by Gasteiger charge is 2.05. The molecule has 2 heteroatoms. The molecule has 0 aliphatic heterocycles. The molecule has 1 nitrogen and oxygen atoms in total. The van der Waals surface area contributed by atoms with Gasteiger partial charge >= 0.3 is 0 Å². The molecule has 0 amide bonds. The first kappa shape index (κ1) is 13.0. The standard InChI is InChI=1S/C17H18IN/c1-2-3-4-5-12-6-9-16-15(10-12)14-8-7-13(18)11-17(14)19-16/h6-11,19H,2-5H2,1H3. The zero-order valence-corrected chi connectivity index (χ0v) is 13.3. The topological polar surface area (TPSA) is 15.8 Å². The number of H-pyrrole nitrogens is 1. The van der Waals surface area contributed by atoms with Gasteiger partial charge in [-0.1, -0.05) is 31.9 Å². The third-order valence-electron chi connectivity index (χ3n) is 3.69. The molecular weight excluding hydrogens is 345 g/mol. The summed E-state index contributed by atoms with van der Waals surface area (Å²) < 4.78 is 1.28. The molecule has 19 heavy (non-hydrogen) atoms. The summed E-state index contributed by atoms with van der Waals surface area (Å²) in [5.41, 5.74) is 3.95. The molecule has 0 saturated heterocycles. The first-order chi connectivity index (χ1) is 9.28. The van der Waals surface area contributed by atoms with Crippen molar-refractivity contribution in [2.24, 2.45) is 0 Å². The average Bonchev–Trinajstić information content (AvgIpc) is 2.76. The Morgan fingerprint density at radius 1 is 0.947 bits per heavy atom.